The van der Waals surface area contributed by atoms with E-state index in [0.717, 1.165) is 17.9 Å². The molecule has 1 aromatic rings. The topological polar surface area (TPSA) is 18.5 Å². The highest BCUT2D eigenvalue weighted by molar-refractivity contribution is 5.64. The first kappa shape index (κ1) is 13.4. The Hall–Kier alpha value is -1.06. The van der Waals surface area contributed by atoms with Crippen LogP contribution in [-0.4, -0.2) is 42.3 Å². The van der Waals surface area contributed by atoms with E-state index in [9.17, 15) is 0 Å². The van der Waals surface area contributed by atoms with E-state index in [1.807, 2.05) is 0 Å². The van der Waals surface area contributed by atoms with Crippen molar-refractivity contribution >= 4 is 5.69 Å². The average molecular weight is 297 g/mol. The minimum atomic E-state index is 0.0515. The molecule has 4 unspecified atom stereocenters. The van der Waals surface area contributed by atoms with E-state index in [0.29, 0.717) is 6.04 Å². The van der Waals surface area contributed by atoms with Gasteiger partial charge in [-0.15, -0.1) is 0 Å². The Bertz CT molecular complexity index is 596. The highest BCUT2D eigenvalue weighted by Gasteiger charge is 2.55. The second kappa shape index (κ2) is 4.48. The van der Waals surface area contributed by atoms with Gasteiger partial charge in [-0.2, -0.15) is 0 Å². The fraction of sp³-hybridized carbons (Fsp3) is 0.684. The Morgan fingerprint density at radius 2 is 1.95 bits per heavy atom. The first-order valence-corrected chi connectivity index (χ1v) is 9.04. The molecular formula is C19H27N3. The summed E-state index contributed by atoms with van der Waals surface area (Å²) in [6.45, 7) is 8.54. The lowest BCUT2D eigenvalue weighted by Crippen LogP contribution is -2.63. The van der Waals surface area contributed by atoms with Gasteiger partial charge in [-0.05, 0) is 63.7 Å². The van der Waals surface area contributed by atoms with Gasteiger partial charge in [0.25, 0.3) is 0 Å². The van der Waals surface area contributed by atoms with Crippen molar-refractivity contribution in [3.8, 4) is 0 Å². The molecule has 3 heteroatoms. The average Bonchev–Trinajstić information content (AvgIpc) is 2.82. The molecule has 0 amide bonds. The molecule has 0 bridgehead atoms. The predicted molar refractivity (Wildman–Crippen MR) is 90.2 cm³/mol. The SMILES string of the molecule is CC1(C)NCC2CCCN3CCC4c5ccccc5N1C4C23. The Labute approximate surface area is 133 Å². The molecule has 1 N–H and O–H groups in total. The van der Waals surface area contributed by atoms with Crippen molar-refractivity contribution in [1.29, 1.82) is 0 Å². The zero-order valence-electron chi connectivity index (χ0n) is 13.8. The molecule has 4 heterocycles. The third kappa shape index (κ3) is 1.64. The quantitative estimate of drug-likeness (QED) is 0.794. The van der Waals surface area contributed by atoms with Gasteiger partial charge in [0, 0.05) is 24.2 Å². The van der Waals surface area contributed by atoms with Gasteiger partial charge in [-0.3, -0.25) is 10.2 Å². The molecule has 4 atom stereocenters. The summed E-state index contributed by atoms with van der Waals surface area (Å²) in [6, 6.07) is 10.6. The Kier molecular flexibility index (Phi) is 2.73. The second-order valence-corrected chi connectivity index (χ2v) is 8.18. The smallest absolute Gasteiger partial charge is 0.0855 e. The fourth-order valence-corrected chi connectivity index (χ4v) is 5.86. The van der Waals surface area contributed by atoms with Gasteiger partial charge in [0.1, 0.15) is 0 Å². The van der Waals surface area contributed by atoms with Crippen LogP contribution >= 0.6 is 0 Å². The summed E-state index contributed by atoms with van der Waals surface area (Å²) < 4.78 is 0. The van der Waals surface area contributed by atoms with E-state index in [-0.39, 0.29) is 5.66 Å². The number of rotatable bonds is 0. The summed E-state index contributed by atoms with van der Waals surface area (Å²) in [7, 11) is 0. The van der Waals surface area contributed by atoms with Crippen LogP contribution in [-0.2, 0) is 0 Å². The molecule has 0 aromatic heterocycles. The van der Waals surface area contributed by atoms with Crippen LogP contribution in [0, 0.1) is 5.92 Å². The molecule has 1 aromatic carbocycles. The van der Waals surface area contributed by atoms with Crippen molar-refractivity contribution in [1.82, 2.24) is 10.2 Å². The molecule has 3 saturated heterocycles. The molecule has 0 radical (unpaired) electrons. The maximum absolute atomic E-state index is 3.90. The molecule has 0 aliphatic carbocycles. The van der Waals surface area contributed by atoms with Gasteiger partial charge in [0.2, 0.25) is 0 Å². The van der Waals surface area contributed by atoms with Crippen LogP contribution in [0.3, 0.4) is 0 Å². The molecule has 0 saturated carbocycles. The van der Waals surface area contributed by atoms with Gasteiger partial charge in [-0.25, -0.2) is 0 Å². The standard InChI is InChI=1S/C19H27N3/c1-19(2)20-12-13-6-5-10-21-11-9-15-14-7-3-4-8-16(14)22(19)18(15)17(13)21/h3-4,7-8,13,15,17-18,20H,5-6,9-12H2,1-2H3. The fourth-order valence-electron chi connectivity index (χ4n) is 5.86. The summed E-state index contributed by atoms with van der Waals surface area (Å²) in [5, 5.41) is 3.90. The Balaban J connectivity index is 1.69. The molecule has 0 spiro atoms. The minimum Gasteiger partial charge on any atom is -0.348 e. The van der Waals surface area contributed by atoms with Crippen LogP contribution in [0.1, 0.15) is 44.6 Å². The van der Waals surface area contributed by atoms with Crippen molar-refractivity contribution in [3.05, 3.63) is 29.8 Å². The molecule has 4 aliphatic rings. The van der Waals surface area contributed by atoms with E-state index in [1.54, 1.807) is 5.56 Å². The summed E-state index contributed by atoms with van der Waals surface area (Å²) in [5.74, 6) is 1.55. The summed E-state index contributed by atoms with van der Waals surface area (Å²) in [6.07, 6.45) is 4.11. The van der Waals surface area contributed by atoms with Crippen molar-refractivity contribution in [2.45, 2.75) is 56.8 Å². The number of hydrogen-bond acceptors (Lipinski definition) is 3. The van der Waals surface area contributed by atoms with Gasteiger partial charge in [0.05, 0.1) is 11.7 Å². The first-order valence-electron chi connectivity index (χ1n) is 9.04. The molecule has 5 rings (SSSR count). The van der Waals surface area contributed by atoms with Crippen molar-refractivity contribution in [2.75, 3.05) is 24.5 Å². The van der Waals surface area contributed by atoms with Crippen LogP contribution < -0.4 is 10.2 Å². The number of para-hydroxylation sites is 1. The number of piperidine rings is 2. The van der Waals surface area contributed by atoms with Gasteiger partial charge < -0.3 is 4.90 Å². The first-order chi connectivity index (χ1) is 10.7. The summed E-state index contributed by atoms with van der Waals surface area (Å²) in [4.78, 5) is 5.56. The van der Waals surface area contributed by atoms with Crippen LogP contribution in [0.2, 0.25) is 0 Å². The minimum absolute atomic E-state index is 0.0515. The van der Waals surface area contributed by atoms with E-state index >= 15 is 0 Å². The van der Waals surface area contributed by atoms with Crippen LogP contribution in [0.5, 0.6) is 0 Å². The zero-order valence-corrected chi connectivity index (χ0v) is 13.8. The summed E-state index contributed by atoms with van der Waals surface area (Å²) >= 11 is 0. The maximum atomic E-state index is 3.90. The highest BCUT2D eigenvalue weighted by Crippen LogP contribution is 2.52. The normalized spacial score (nSPS) is 39.1. The third-order valence-electron chi connectivity index (χ3n) is 6.71. The zero-order chi connectivity index (χ0) is 14.9. The van der Waals surface area contributed by atoms with E-state index in [4.69, 9.17) is 0 Å². The van der Waals surface area contributed by atoms with Crippen molar-refractivity contribution in [3.63, 3.8) is 0 Å². The number of fused-ring (bicyclic) bond motifs is 3. The molecule has 3 nitrogen and oxygen atoms in total. The number of anilines is 1. The third-order valence-corrected chi connectivity index (χ3v) is 6.71. The predicted octanol–water partition coefficient (Wildman–Crippen LogP) is 2.78. The number of nitrogens with one attached hydrogen (secondary N) is 1. The van der Waals surface area contributed by atoms with E-state index in [2.05, 4.69) is 53.2 Å². The van der Waals surface area contributed by atoms with Crippen molar-refractivity contribution < 1.29 is 0 Å². The van der Waals surface area contributed by atoms with Gasteiger partial charge in [0.15, 0.2) is 0 Å². The molecule has 4 aliphatic heterocycles. The highest BCUT2D eigenvalue weighted by atomic mass is 15.4. The summed E-state index contributed by atoms with van der Waals surface area (Å²) in [5.41, 5.74) is 3.15. The van der Waals surface area contributed by atoms with E-state index < -0.39 is 0 Å². The monoisotopic (exact) mass is 297 g/mol. The molecule has 3 fully saturated rings. The molecule has 22 heavy (non-hydrogen) atoms. The van der Waals surface area contributed by atoms with Crippen LogP contribution in [0.4, 0.5) is 5.69 Å². The van der Waals surface area contributed by atoms with Gasteiger partial charge >= 0.3 is 0 Å². The van der Waals surface area contributed by atoms with E-state index in [1.165, 1.54) is 44.6 Å². The molecule has 118 valence electrons. The number of hydrogen-bond donors (Lipinski definition) is 1. The lowest BCUT2D eigenvalue weighted by Gasteiger charge is -2.52. The number of nitrogens with zero attached hydrogens (tertiary/aromatic N) is 2. The lowest BCUT2D eigenvalue weighted by molar-refractivity contribution is 0.0432. The van der Waals surface area contributed by atoms with Crippen LogP contribution in [0.15, 0.2) is 24.3 Å². The maximum Gasteiger partial charge on any atom is 0.0855 e. The largest absolute Gasteiger partial charge is 0.348 e. The van der Waals surface area contributed by atoms with Crippen LogP contribution in [0.25, 0.3) is 0 Å². The Morgan fingerprint density at radius 3 is 2.86 bits per heavy atom. The molecular weight excluding hydrogens is 270 g/mol. The lowest BCUT2D eigenvalue weighted by atomic mass is 9.75. The Morgan fingerprint density at radius 1 is 1.09 bits per heavy atom. The van der Waals surface area contributed by atoms with Crippen molar-refractivity contribution in [2.24, 2.45) is 5.92 Å². The van der Waals surface area contributed by atoms with Gasteiger partial charge in [-0.1, -0.05) is 18.2 Å². The number of benzene rings is 1. The second-order valence-electron chi connectivity index (χ2n) is 8.18.